The van der Waals surface area contributed by atoms with Crippen molar-refractivity contribution in [2.75, 3.05) is 24.6 Å². The van der Waals surface area contributed by atoms with Crippen LogP contribution >= 0.6 is 0 Å². The average Bonchev–Trinajstić information content (AvgIpc) is 2.29. The number of rotatable bonds is 7. The fraction of sp³-hybridized carbons (Fsp3) is 0.538. The van der Waals surface area contributed by atoms with E-state index >= 15 is 0 Å². The second-order valence-corrected chi connectivity index (χ2v) is 4.06. The molecule has 3 nitrogen and oxygen atoms in total. The molecule has 2 N–H and O–H groups in total. The molecule has 0 radical (unpaired) electrons. The van der Waals surface area contributed by atoms with Crippen molar-refractivity contribution in [1.29, 1.82) is 0 Å². The van der Waals surface area contributed by atoms with Gasteiger partial charge in [-0.1, -0.05) is 18.2 Å². The van der Waals surface area contributed by atoms with E-state index in [9.17, 15) is 5.11 Å². The third-order valence-electron chi connectivity index (χ3n) is 2.44. The Bertz CT molecular complexity index is 275. The van der Waals surface area contributed by atoms with Crippen LogP contribution in [0.2, 0.25) is 0 Å². The first-order chi connectivity index (χ1) is 7.74. The van der Waals surface area contributed by atoms with Crippen molar-refractivity contribution in [1.82, 2.24) is 0 Å². The Hall–Kier alpha value is -1.06. The van der Waals surface area contributed by atoms with E-state index in [1.807, 2.05) is 30.3 Å². The number of hydrogen-bond acceptors (Lipinski definition) is 3. The van der Waals surface area contributed by atoms with Gasteiger partial charge in [0, 0.05) is 25.4 Å². The molecule has 3 heteroatoms. The fourth-order valence-corrected chi connectivity index (χ4v) is 1.70. The van der Waals surface area contributed by atoms with E-state index in [2.05, 4.69) is 4.90 Å². The molecule has 0 fully saturated rings. The van der Waals surface area contributed by atoms with Gasteiger partial charge >= 0.3 is 0 Å². The maximum Gasteiger partial charge on any atom is 0.0687 e. The van der Waals surface area contributed by atoms with E-state index < -0.39 is 0 Å². The van der Waals surface area contributed by atoms with Crippen LogP contribution in [0.15, 0.2) is 30.3 Å². The van der Waals surface area contributed by atoms with Gasteiger partial charge in [-0.2, -0.15) is 0 Å². The molecule has 0 aromatic heterocycles. The molecule has 0 saturated heterocycles. The minimum absolute atomic E-state index is 0.233. The van der Waals surface area contributed by atoms with Crippen LogP contribution in [0.5, 0.6) is 0 Å². The van der Waals surface area contributed by atoms with Crippen LogP contribution in [0, 0.1) is 0 Å². The summed E-state index contributed by atoms with van der Waals surface area (Å²) in [6.07, 6.45) is 1.41. The van der Waals surface area contributed by atoms with E-state index in [1.165, 1.54) is 0 Å². The van der Waals surface area contributed by atoms with Gasteiger partial charge in [0.1, 0.15) is 0 Å². The minimum Gasteiger partial charge on any atom is -0.396 e. The molecule has 16 heavy (non-hydrogen) atoms. The van der Waals surface area contributed by atoms with E-state index in [-0.39, 0.29) is 12.7 Å². The maximum absolute atomic E-state index is 9.45. The second-order valence-electron chi connectivity index (χ2n) is 4.06. The molecule has 0 aliphatic heterocycles. The lowest BCUT2D eigenvalue weighted by Gasteiger charge is -2.26. The van der Waals surface area contributed by atoms with Crippen LogP contribution in [-0.2, 0) is 0 Å². The molecule has 1 rings (SSSR count). The Labute approximate surface area is 97.3 Å². The Balaban J connectivity index is 2.56. The second kappa shape index (κ2) is 7.25. The molecule has 0 spiro atoms. The summed E-state index contributed by atoms with van der Waals surface area (Å²) in [6.45, 7) is 3.53. The van der Waals surface area contributed by atoms with Gasteiger partial charge in [0.25, 0.3) is 0 Å². The lowest BCUT2D eigenvalue weighted by Crippen LogP contribution is -2.31. The lowest BCUT2D eigenvalue weighted by molar-refractivity contribution is 0.199. The normalized spacial score (nSPS) is 12.4. The smallest absolute Gasteiger partial charge is 0.0687 e. The molecule has 0 unspecified atom stereocenters. The molecule has 0 heterocycles. The monoisotopic (exact) mass is 223 g/mol. The molecule has 90 valence electrons. The Morgan fingerprint density at radius 1 is 1.19 bits per heavy atom. The molecular weight excluding hydrogens is 202 g/mol. The van der Waals surface area contributed by atoms with Gasteiger partial charge in [0.2, 0.25) is 0 Å². The van der Waals surface area contributed by atoms with Crippen LogP contribution in [0.1, 0.15) is 19.8 Å². The van der Waals surface area contributed by atoms with E-state index in [0.717, 1.165) is 25.1 Å². The fourth-order valence-electron chi connectivity index (χ4n) is 1.70. The average molecular weight is 223 g/mol. The molecule has 0 saturated carbocycles. The predicted octanol–water partition coefficient (Wildman–Crippen LogP) is 1.65. The molecule has 0 amide bonds. The zero-order valence-electron chi connectivity index (χ0n) is 9.84. The van der Waals surface area contributed by atoms with E-state index in [4.69, 9.17) is 5.11 Å². The SMILES string of the molecule is C[C@H](O)CN(CCCCO)c1ccccc1. The summed E-state index contributed by atoms with van der Waals surface area (Å²) in [7, 11) is 0. The summed E-state index contributed by atoms with van der Waals surface area (Å²) in [5, 5.41) is 18.2. The van der Waals surface area contributed by atoms with Crippen molar-refractivity contribution < 1.29 is 10.2 Å². The maximum atomic E-state index is 9.45. The highest BCUT2D eigenvalue weighted by Crippen LogP contribution is 2.14. The van der Waals surface area contributed by atoms with Crippen LogP contribution in [0.3, 0.4) is 0 Å². The number of nitrogens with zero attached hydrogens (tertiary/aromatic N) is 1. The van der Waals surface area contributed by atoms with E-state index in [0.29, 0.717) is 6.54 Å². The van der Waals surface area contributed by atoms with Gasteiger partial charge in [-0.15, -0.1) is 0 Å². The van der Waals surface area contributed by atoms with Crippen molar-refractivity contribution >= 4 is 5.69 Å². The van der Waals surface area contributed by atoms with Crippen molar-refractivity contribution in [3.63, 3.8) is 0 Å². The van der Waals surface area contributed by atoms with E-state index in [1.54, 1.807) is 6.92 Å². The molecule has 1 atom stereocenters. The first kappa shape index (κ1) is 13.0. The van der Waals surface area contributed by atoms with Crippen LogP contribution < -0.4 is 4.90 Å². The number of aliphatic hydroxyl groups is 2. The highest BCUT2D eigenvalue weighted by Gasteiger charge is 2.08. The Kier molecular flexibility index (Phi) is 5.90. The zero-order valence-corrected chi connectivity index (χ0v) is 9.84. The molecular formula is C13H21NO2. The number of hydrogen-bond donors (Lipinski definition) is 2. The lowest BCUT2D eigenvalue weighted by atomic mass is 10.2. The van der Waals surface area contributed by atoms with Crippen molar-refractivity contribution in [3.05, 3.63) is 30.3 Å². The molecule has 0 aliphatic carbocycles. The number of para-hydroxylation sites is 1. The van der Waals surface area contributed by atoms with Gasteiger partial charge in [-0.25, -0.2) is 0 Å². The number of benzene rings is 1. The minimum atomic E-state index is -0.339. The topological polar surface area (TPSA) is 43.7 Å². The summed E-state index contributed by atoms with van der Waals surface area (Å²) >= 11 is 0. The largest absolute Gasteiger partial charge is 0.396 e. The number of anilines is 1. The third kappa shape index (κ3) is 4.64. The molecule has 0 bridgehead atoms. The molecule has 1 aromatic rings. The van der Waals surface area contributed by atoms with Gasteiger partial charge in [0.15, 0.2) is 0 Å². The molecule has 0 aliphatic rings. The summed E-state index contributed by atoms with van der Waals surface area (Å²) in [4.78, 5) is 2.15. The zero-order chi connectivity index (χ0) is 11.8. The summed E-state index contributed by atoms with van der Waals surface area (Å²) in [6, 6.07) is 10.1. The predicted molar refractivity (Wildman–Crippen MR) is 66.7 cm³/mol. The Morgan fingerprint density at radius 3 is 2.44 bits per heavy atom. The third-order valence-corrected chi connectivity index (χ3v) is 2.44. The summed E-state index contributed by atoms with van der Waals surface area (Å²) in [5.74, 6) is 0. The quantitative estimate of drug-likeness (QED) is 0.691. The Morgan fingerprint density at radius 2 is 1.88 bits per heavy atom. The summed E-state index contributed by atoms with van der Waals surface area (Å²) < 4.78 is 0. The van der Waals surface area contributed by atoms with Crippen molar-refractivity contribution in [3.8, 4) is 0 Å². The van der Waals surface area contributed by atoms with Gasteiger partial charge < -0.3 is 15.1 Å². The number of unbranched alkanes of at least 4 members (excludes halogenated alkanes) is 1. The molecule has 1 aromatic carbocycles. The van der Waals surface area contributed by atoms with Crippen LogP contribution in [0.25, 0.3) is 0 Å². The first-order valence-corrected chi connectivity index (χ1v) is 5.83. The van der Waals surface area contributed by atoms with Crippen LogP contribution in [0.4, 0.5) is 5.69 Å². The number of aliphatic hydroxyl groups excluding tert-OH is 2. The van der Waals surface area contributed by atoms with Gasteiger partial charge in [-0.05, 0) is 31.9 Å². The van der Waals surface area contributed by atoms with Gasteiger partial charge in [0.05, 0.1) is 6.10 Å². The van der Waals surface area contributed by atoms with Crippen LogP contribution in [-0.4, -0.2) is 36.0 Å². The van der Waals surface area contributed by atoms with Crippen molar-refractivity contribution in [2.24, 2.45) is 0 Å². The highest BCUT2D eigenvalue weighted by molar-refractivity contribution is 5.45. The standard InChI is InChI=1S/C13H21NO2/c1-12(16)11-14(9-5-6-10-15)13-7-3-2-4-8-13/h2-4,7-8,12,15-16H,5-6,9-11H2,1H3/t12-/m0/s1. The first-order valence-electron chi connectivity index (χ1n) is 5.83. The summed E-state index contributed by atoms with van der Waals surface area (Å²) in [5.41, 5.74) is 1.13. The van der Waals surface area contributed by atoms with Gasteiger partial charge in [-0.3, -0.25) is 0 Å². The van der Waals surface area contributed by atoms with Crippen molar-refractivity contribution in [2.45, 2.75) is 25.9 Å². The highest BCUT2D eigenvalue weighted by atomic mass is 16.3.